The van der Waals surface area contributed by atoms with Crippen LogP contribution in [0.25, 0.3) is 0 Å². The van der Waals surface area contributed by atoms with Crippen molar-refractivity contribution in [3.8, 4) is 0 Å². The quantitative estimate of drug-likeness (QED) is 0.406. The number of nitrogens with two attached hydrogens (primary N) is 1. The van der Waals surface area contributed by atoms with Gasteiger partial charge in [0.2, 0.25) is 5.91 Å². The van der Waals surface area contributed by atoms with E-state index in [1.165, 1.54) is 25.5 Å². The Morgan fingerprint density at radius 2 is 1.77 bits per heavy atom. The van der Waals surface area contributed by atoms with Gasteiger partial charge in [0.1, 0.15) is 12.4 Å². The zero-order valence-electron chi connectivity index (χ0n) is 21.9. The molecule has 0 unspecified atom stereocenters. The number of piperazine rings is 1. The molecule has 1 aliphatic heterocycles. The molecule has 5 rings (SSSR count). The minimum atomic E-state index is -0.574. The molecule has 9 nitrogen and oxygen atoms in total. The standard InChI is InChI=1S/C30H34N6O3/c31-29(38)25-19-33-27(17-26(25)32-18-21-8-3-1-4-9-21)34-23-11-7-10-22(16-23)30(39)35-14-15-36(28(37)20-35)24-12-5-2-6-13-24/h1,3-4,7-11,16-17,19,24H,2,5-6,12-15,18,20H2,(H2,31,38)(H2,32,33,34). The van der Waals surface area contributed by atoms with E-state index in [1.807, 2.05) is 41.3 Å². The van der Waals surface area contributed by atoms with Gasteiger partial charge < -0.3 is 26.2 Å². The highest BCUT2D eigenvalue weighted by atomic mass is 16.2. The van der Waals surface area contributed by atoms with Gasteiger partial charge in [0, 0.05) is 49.2 Å². The van der Waals surface area contributed by atoms with Crippen LogP contribution in [0.15, 0.2) is 66.9 Å². The highest BCUT2D eigenvalue weighted by Crippen LogP contribution is 2.26. The van der Waals surface area contributed by atoms with Crippen molar-refractivity contribution in [1.82, 2.24) is 14.8 Å². The molecule has 0 atom stereocenters. The molecule has 1 saturated heterocycles. The van der Waals surface area contributed by atoms with Gasteiger partial charge in [-0.25, -0.2) is 4.98 Å². The van der Waals surface area contributed by atoms with E-state index in [0.717, 1.165) is 18.4 Å². The summed E-state index contributed by atoms with van der Waals surface area (Å²) in [6.07, 6.45) is 7.13. The molecular formula is C30H34N6O3. The molecule has 9 heteroatoms. The summed E-state index contributed by atoms with van der Waals surface area (Å²) in [4.78, 5) is 46.1. The van der Waals surface area contributed by atoms with Gasteiger partial charge in [0.25, 0.3) is 11.8 Å². The summed E-state index contributed by atoms with van der Waals surface area (Å²) in [5.41, 5.74) is 8.63. The van der Waals surface area contributed by atoms with Crippen molar-refractivity contribution < 1.29 is 14.4 Å². The first-order chi connectivity index (χ1) is 19.0. The van der Waals surface area contributed by atoms with E-state index < -0.39 is 5.91 Å². The zero-order chi connectivity index (χ0) is 27.2. The fourth-order valence-corrected chi connectivity index (χ4v) is 5.36. The van der Waals surface area contributed by atoms with Gasteiger partial charge in [-0.05, 0) is 36.6 Å². The number of primary amides is 1. The Kier molecular flexibility index (Phi) is 8.05. The Morgan fingerprint density at radius 3 is 2.51 bits per heavy atom. The number of nitrogens with zero attached hydrogens (tertiary/aromatic N) is 3. The largest absolute Gasteiger partial charge is 0.380 e. The minimum Gasteiger partial charge on any atom is -0.380 e. The number of carbonyl (C=O) groups excluding carboxylic acids is 3. The van der Waals surface area contributed by atoms with Gasteiger partial charge in [0.05, 0.1) is 11.3 Å². The predicted octanol–water partition coefficient (Wildman–Crippen LogP) is 4.15. The van der Waals surface area contributed by atoms with Crippen LogP contribution < -0.4 is 16.4 Å². The second-order valence-corrected chi connectivity index (χ2v) is 10.1. The van der Waals surface area contributed by atoms with E-state index in [2.05, 4.69) is 15.6 Å². The predicted molar refractivity (Wildman–Crippen MR) is 151 cm³/mol. The molecule has 0 radical (unpaired) electrons. The topological polar surface area (TPSA) is 121 Å². The third-order valence-electron chi connectivity index (χ3n) is 7.44. The lowest BCUT2D eigenvalue weighted by molar-refractivity contribution is -0.138. The third-order valence-corrected chi connectivity index (χ3v) is 7.44. The molecule has 2 fully saturated rings. The maximum atomic E-state index is 13.3. The molecule has 1 saturated carbocycles. The number of carbonyl (C=O) groups is 3. The van der Waals surface area contributed by atoms with Crippen LogP contribution in [0.4, 0.5) is 17.2 Å². The maximum absolute atomic E-state index is 13.3. The summed E-state index contributed by atoms with van der Waals surface area (Å²) in [6.45, 7) is 1.74. The summed E-state index contributed by atoms with van der Waals surface area (Å²) in [5, 5.41) is 6.48. The molecule has 4 N–H and O–H groups in total. The van der Waals surface area contributed by atoms with Crippen molar-refractivity contribution in [1.29, 1.82) is 0 Å². The van der Waals surface area contributed by atoms with E-state index >= 15 is 0 Å². The lowest BCUT2D eigenvalue weighted by atomic mass is 9.93. The zero-order valence-corrected chi connectivity index (χ0v) is 21.9. The van der Waals surface area contributed by atoms with E-state index in [9.17, 15) is 14.4 Å². The van der Waals surface area contributed by atoms with Crippen LogP contribution >= 0.6 is 0 Å². The van der Waals surface area contributed by atoms with Gasteiger partial charge in [-0.1, -0.05) is 55.7 Å². The van der Waals surface area contributed by atoms with Crippen LogP contribution in [0.3, 0.4) is 0 Å². The maximum Gasteiger partial charge on any atom is 0.254 e. The van der Waals surface area contributed by atoms with Gasteiger partial charge in [-0.2, -0.15) is 0 Å². The van der Waals surface area contributed by atoms with Gasteiger partial charge in [0.15, 0.2) is 0 Å². The summed E-state index contributed by atoms with van der Waals surface area (Å²) in [6, 6.07) is 19.0. The normalized spacial score (nSPS) is 16.2. The number of nitrogens with one attached hydrogen (secondary N) is 2. The molecule has 39 heavy (non-hydrogen) atoms. The molecular weight excluding hydrogens is 492 g/mol. The fraction of sp³-hybridized carbons (Fsp3) is 0.333. The first-order valence-corrected chi connectivity index (χ1v) is 13.5. The lowest BCUT2D eigenvalue weighted by Gasteiger charge is -2.40. The van der Waals surface area contributed by atoms with Crippen molar-refractivity contribution >= 4 is 34.9 Å². The summed E-state index contributed by atoms with van der Waals surface area (Å²) in [7, 11) is 0. The lowest BCUT2D eigenvalue weighted by Crippen LogP contribution is -2.55. The van der Waals surface area contributed by atoms with Crippen LogP contribution in [0.2, 0.25) is 0 Å². The van der Waals surface area contributed by atoms with Crippen molar-refractivity contribution in [3.63, 3.8) is 0 Å². The Morgan fingerprint density at radius 1 is 0.974 bits per heavy atom. The highest BCUT2D eigenvalue weighted by molar-refractivity contribution is 5.99. The minimum absolute atomic E-state index is 0.0325. The van der Waals surface area contributed by atoms with Crippen molar-refractivity contribution in [3.05, 3.63) is 83.6 Å². The fourth-order valence-electron chi connectivity index (χ4n) is 5.36. The molecule has 2 aliphatic rings. The Hall–Kier alpha value is -4.40. The van der Waals surface area contributed by atoms with E-state index in [-0.39, 0.29) is 23.9 Å². The Labute approximate surface area is 228 Å². The van der Waals surface area contributed by atoms with E-state index in [1.54, 1.807) is 29.2 Å². The number of anilines is 3. The molecule has 0 spiro atoms. The van der Waals surface area contributed by atoms with Crippen molar-refractivity contribution in [2.24, 2.45) is 5.73 Å². The first kappa shape index (κ1) is 26.2. The van der Waals surface area contributed by atoms with Crippen molar-refractivity contribution in [2.75, 3.05) is 30.3 Å². The first-order valence-electron chi connectivity index (χ1n) is 13.5. The molecule has 3 aromatic rings. The van der Waals surface area contributed by atoms with E-state index in [4.69, 9.17) is 5.73 Å². The summed E-state index contributed by atoms with van der Waals surface area (Å²) in [5.74, 6) is -0.214. The van der Waals surface area contributed by atoms with Crippen LogP contribution in [-0.2, 0) is 11.3 Å². The monoisotopic (exact) mass is 526 g/mol. The SMILES string of the molecule is NC(=O)c1cnc(Nc2cccc(C(=O)N3CCN(C4CCCCC4)C(=O)C3)c2)cc1NCc1ccccc1. The average molecular weight is 527 g/mol. The number of aromatic nitrogens is 1. The number of pyridine rings is 1. The van der Waals surface area contributed by atoms with Gasteiger partial charge >= 0.3 is 0 Å². The molecule has 202 valence electrons. The number of rotatable bonds is 8. The average Bonchev–Trinajstić information content (AvgIpc) is 2.96. The molecule has 1 aromatic heterocycles. The Balaban J connectivity index is 1.26. The number of benzene rings is 2. The van der Waals surface area contributed by atoms with Crippen LogP contribution in [0.5, 0.6) is 0 Å². The Bertz CT molecular complexity index is 1340. The number of hydrogen-bond donors (Lipinski definition) is 3. The van der Waals surface area contributed by atoms with Crippen molar-refractivity contribution in [2.45, 2.75) is 44.7 Å². The smallest absolute Gasteiger partial charge is 0.254 e. The summed E-state index contributed by atoms with van der Waals surface area (Å²) >= 11 is 0. The second kappa shape index (κ2) is 12.0. The molecule has 2 heterocycles. The third kappa shape index (κ3) is 6.37. The molecule has 1 aliphatic carbocycles. The van der Waals surface area contributed by atoms with Crippen LogP contribution in [0.1, 0.15) is 58.4 Å². The molecule has 3 amide bonds. The summed E-state index contributed by atoms with van der Waals surface area (Å²) < 4.78 is 0. The van der Waals surface area contributed by atoms with E-state index in [0.29, 0.717) is 48.4 Å². The van der Waals surface area contributed by atoms with Gasteiger partial charge in [-0.15, -0.1) is 0 Å². The number of hydrogen-bond acceptors (Lipinski definition) is 6. The van der Waals surface area contributed by atoms with Gasteiger partial charge in [-0.3, -0.25) is 14.4 Å². The second-order valence-electron chi connectivity index (χ2n) is 10.1. The molecule has 2 aromatic carbocycles. The van der Waals surface area contributed by atoms with Crippen LogP contribution in [0, 0.1) is 0 Å². The highest BCUT2D eigenvalue weighted by Gasteiger charge is 2.32. The van der Waals surface area contributed by atoms with Crippen LogP contribution in [-0.4, -0.2) is 58.2 Å². The number of amides is 3. The molecule has 0 bridgehead atoms.